The van der Waals surface area contributed by atoms with E-state index in [-0.39, 0.29) is 4.90 Å². The van der Waals surface area contributed by atoms with Gasteiger partial charge in [-0.25, -0.2) is 14.5 Å². The molecule has 0 radical (unpaired) electrons. The fourth-order valence-corrected chi connectivity index (χ4v) is 0.645. The van der Waals surface area contributed by atoms with Gasteiger partial charge in [0.15, 0.2) is 0 Å². The summed E-state index contributed by atoms with van der Waals surface area (Å²) >= 11 is 0. The molecule has 0 aromatic rings. The number of rotatable bonds is 1. The molecule has 0 aliphatic heterocycles. The van der Waals surface area contributed by atoms with Crippen LogP contribution >= 0.6 is 0 Å². The Bertz CT molecular complexity index is 222. The lowest BCUT2D eigenvalue weighted by Crippen LogP contribution is -2.44. The molecular formula is C6H9NO5. The topological polar surface area (TPSA) is 94.9 Å². The van der Waals surface area contributed by atoms with Crippen LogP contribution in [0, 0.1) is 0 Å². The Morgan fingerprint density at radius 3 is 1.67 bits per heavy atom. The van der Waals surface area contributed by atoms with E-state index in [4.69, 9.17) is 10.2 Å². The second kappa shape index (κ2) is 3.70. The van der Waals surface area contributed by atoms with Gasteiger partial charge in [0.25, 0.3) is 0 Å². The van der Waals surface area contributed by atoms with E-state index >= 15 is 0 Å². The number of nitrogens with zero attached hydrogens (tertiary/aromatic N) is 1. The Morgan fingerprint density at radius 2 is 1.58 bits per heavy atom. The van der Waals surface area contributed by atoms with E-state index in [1.54, 1.807) is 0 Å². The highest BCUT2D eigenvalue weighted by molar-refractivity contribution is 6.34. The van der Waals surface area contributed by atoms with Gasteiger partial charge < -0.3 is 10.2 Å². The molecule has 0 aliphatic carbocycles. The molecule has 0 spiro atoms. The van der Waals surface area contributed by atoms with Crippen LogP contribution in [0.4, 0.5) is 4.79 Å². The molecule has 0 atom stereocenters. The molecule has 6 nitrogen and oxygen atoms in total. The lowest BCUT2D eigenvalue weighted by atomic mass is 10.3. The van der Waals surface area contributed by atoms with E-state index < -0.39 is 24.0 Å². The average molecular weight is 175 g/mol. The number of hydrogen-bond acceptors (Lipinski definition) is 3. The lowest BCUT2D eigenvalue weighted by molar-refractivity contribution is -0.155. The van der Waals surface area contributed by atoms with Gasteiger partial charge in [-0.05, 0) is 13.8 Å². The van der Waals surface area contributed by atoms with E-state index in [9.17, 15) is 14.4 Å². The third kappa shape index (κ3) is 2.22. The van der Waals surface area contributed by atoms with Crippen LogP contribution in [0.5, 0.6) is 0 Å². The van der Waals surface area contributed by atoms with Crippen LogP contribution in [-0.2, 0) is 9.59 Å². The van der Waals surface area contributed by atoms with Gasteiger partial charge in [-0.3, -0.25) is 4.79 Å². The second-order valence-electron chi connectivity index (χ2n) is 2.36. The first-order chi connectivity index (χ1) is 5.37. The fourth-order valence-electron chi connectivity index (χ4n) is 0.645. The van der Waals surface area contributed by atoms with Crippen molar-refractivity contribution in [3.8, 4) is 0 Å². The van der Waals surface area contributed by atoms with E-state index in [0.717, 1.165) is 0 Å². The molecule has 2 amide bonds. The molecule has 0 rings (SSSR count). The third-order valence-corrected chi connectivity index (χ3v) is 1.12. The second-order valence-corrected chi connectivity index (χ2v) is 2.36. The minimum absolute atomic E-state index is 0.252. The van der Waals surface area contributed by atoms with Gasteiger partial charge in [-0.1, -0.05) is 0 Å². The van der Waals surface area contributed by atoms with Crippen molar-refractivity contribution >= 4 is 18.0 Å². The Hall–Kier alpha value is -1.59. The summed E-state index contributed by atoms with van der Waals surface area (Å²) in [7, 11) is 0. The predicted molar refractivity (Wildman–Crippen MR) is 37.6 cm³/mol. The molecule has 6 heteroatoms. The van der Waals surface area contributed by atoms with Gasteiger partial charge in [0.2, 0.25) is 0 Å². The lowest BCUT2D eigenvalue weighted by Gasteiger charge is -2.18. The van der Waals surface area contributed by atoms with Gasteiger partial charge in [0.1, 0.15) is 0 Å². The van der Waals surface area contributed by atoms with E-state index in [2.05, 4.69) is 0 Å². The first-order valence-electron chi connectivity index (χ1n) is 3.17. The molecular weight excluding hydrogens is 166 g/mol. The van der Waals surface area contributed by atoms with Crippen LogP contribution in [0.1, 0.15) is 13.8 Å². The van der Waals surface area contributed by atoms with Crippen molar-refractivity contribution in [1.82, 2.24) is 4.90 Å². The van der Waals surface area contributed by atoms with Crippen molar-refractivity contribution in [1.29, 1.82) is 0 Å². The monoisotopic (exact) mass is 175 g/mol. The number of aliphatic carboxylic acids is 1. The number of carbonyl (C=O) groups is 3. The van der Waals surface area contributed by atoms with Gasteiger partial charge in [0, 0.05) is 6.04 Å². The van der Waals surface area contributed by atoms with E-state index in [1.165, 1.54) is 13.8 Å². The van der Waals surface area contributed by atoms with Crippen molar-refractivity contribution in [2.24, 2.45) is 0 Å². The highest BCUT2D eigenvalue weighted by Crippen LogP contribution is 1.99. The fraction of sp³-hybridized carbons (Fsp3) is 0.500. The molecule has 0 aromatic carbocycles. The van der Waals surface area contributed by atoms with Crippen LogP contribution in [0.15, 0.2) is 0 Å². The first-order valence-corrected chi connectivity index (χ1v) is 3.17. The smallest absolute Gasteiger partial charge is 0.414 e. The van der Waals surface area contributed by atoms with Crippen LogP contribution in [0.3, 0.4) is 0 Å². The Morgan fingerprint density at radius 1 is 1.17 bits per heavy atom. The van der Waals surface area contributed by atoms with E-state index in [1.807, 2.05) is 0 Å². The van der Waals surface area contributed by atoms with Crippen molar-refractivity contribution in [3.63, 3.8) is 0 Å². The number of carboxylic acid groups (broad SMARTS) is 2. The maximum atomic E-state index is 10.7. The summed E-state index contributed by atoms with van der Waals surface area (Å²) in [6, 6.07) is -0.675. The van der Waals surface area contributed by atoms with Crippen LogP contribution < -0.4 is 0 Å². The maximum Gasteiger partial charge on any atom is 0.414 e. The molecule has 0 saturated heterocycles. The molecule has 0 saturated carbocycles. The summed E-state index contributed by atoms with van der Waals surface area (Å²) in [5.74, 6) is -3.20. The molecule has 12 heavy (non-hydrogen) atoms. The highest BCUT2D eigenvalue weighted by atomic mass is 16.4. The van der Waals surface area contributed by atoms with Crippen molar-refractivity contribution < 1.29 is 24.6 Å². The number of hydrogen-bond donors (Lipinski definition) is 2. The van der Waals surface area contributed by atoms with Crippen molar-refractivity contribution in [3.05, 3.63) is 0 Å². The van der Waals surface area contributed by atoms with Crippen LogP contribution in [0.25, 0.3) is 0 Å². The third-order valence-electron chi connectivity index (χ3n) is 1.12. The predicted octanol–water partition coefficient (Wildman–Crippen LogP) is -0.0140. The molecule has 0 aromatic heterocycles. The molecule has 2 N–H and O–H groups in total. The molecule has 0 fully saturated rings. The zero-order valence-corrected chi connectivity index (χ0v) is 6.64. The number of amides is 2. The summed E-state index contributed by atoms with van der Waals surface area (Å²) in [5.41, 5.74) is 0. The van der Waals surface area contributed by atoms with Gasteiger partial charge in [-0.15, -0.1) is 0 Å². The van der Waals surface area contributed by atoms with Crippen molar-refractivity contribution in [2.75, 3.05) is 0 Å². The number of carbonyl (C=O) groups excluding carboxylic acids is 1. The van der Waals surface area contributed by atoms with Crippen LogP contribution in [-0.4, -0.2) is 39.1 Å². The normalized spacial score (nSPS) is 9.58. The Balaban J connectivity index is 4.64. The van der Waals surface area contributed by atoms with Crippen LogP contribution in [0.2, 0.25) is 0 Å². The van der Waals surface area contributed by atoms with Crippen molar-refractivity contribution in [2.45, 2.75) is 19.9 Å². The highest BCUT2D eigenvalue weighted by Gasteiger charge is 2.28. The standard InChI is InChI=1S/C6H9NO5/c1-3(2)7(6(11)12)4(8)5(9)10/h3H,1-2H3,(H,9,10)(H,11,12). The Labute approximate surface area is 68.4 Å². The SMILES string of the molecule is CC(C)N(C(=O)O)C(=O)C(=O)O. The zero-order valence-electron chi connectivity index (χ0n) is 6.64. The van der Waals surface area contributed by atoms with Gasteiger partial charge >= 0.3 is 18.0 Å². The molecule has 0 heterocycles. The maximum absolute atomic E-state index is 10.7. The molecule has 0 bridgehead atoms. The summed E-state index contributed by atoms with van der Waals surface area (Å²) in [4.78, 5) is 31.3. The number of carboxylic acids is 1. The summed E-state index contributed by atoms with van der Waals surface area (Å²) < 4.78 is 0. The van der Waals surface area contributed by atoms with E-state index in [0.29, 0.717) is 0 Å². The number of imide groups is 1. The largest absolute Gasteiger partial charge is 0.474 e. The minimum atomic E-state index is -1.77. The summed E-state index contributed by atoms with van der Waals surface area (Å²) in [5, 5.41) is 16.6. The minimum Gasteiger partial charge on any atom is -0.474 e. The van der Waals surface area contributed by atoms with Gasteiger partial charge in [0.05, 0.1) is 0 Å². The molecule has 0 unspecified atom stereocenters. The van der Waals surface area contributed by atoms with Gasteiger partial charge in [-0.2, -0.15) is 0 Å². The molecule has 68 valence electrons. The first kappa shape index (κ1) is 10.4. The summed E-state index contributed by atoms with van der Waals surface area (Å²) in [6.45, 7) is 2.82. The quantitative estimate of drug-likeness (QED) is 0.546. The summed E-state index contributed by atoms with van der Waals surface area (Å²) in [6.07, 6.45) is -1.56. The average Bonchev–Trinajstić information content (AvgIpc) is 1.85. The molecule has 0 aliphatic rings. The zero-order chi connectivity index (χ0) is 9.89. The Kier molecular flexibility index (Phi) is 3.21.